The number of hydrogen-bond acceptors (Lipinski definition) is 5. The molecule has 0 unspecified atom stereocenters. The topological polar surface area (TPSA) is 88.1 Å². The number of hydrogen-bond donors (Lipinski definition) is 0. The standard InChI is InChI=1S/C9H10N4O4/c1-5(14)17-13-8(15)6-7(10-4-11(6)2)12(3)9(13)16/h4H,1-3H3. The molecule has 2 aromatic heterocycles. The van der Waals surface area contributed by atoms with Gasteiger partial charge in [0, 0.05) is 21.0 Å². The maximum Gasteiger partial charge on any atom is 0.366 e. The Balaban J connectivity index is 2.94. The molecule has 0 aromatic carbocycles. The maximum atomic E-state index is 11.9. The van der Waals surface area contributed by atoms with Gasteiger partial charge in [-0.2, -0.15) is 0 Å². The second kappa shape index (κ2) is 3.58. The Bertz CT molecular complexity index is 721. The molecule has 0 fully saturated rings. The van der Waals surface area contributed by atoms with Gasteiger partial charge in [0.05, 0.1) is 6.33 Å². The summed E-state index contributed by atoms with van der Waals surface area (Å²) in [5, 5.41) is 0. The minimum atomic E-state index is -0.753. The van der Waals surface area contributed by atoms with Gasteiger partial charge in [-0.1, -0.05) is 4.73 Å². The fourth-order valence-corrected chi connectivity index (χ4v) is 1.53. The summed E-state index contributed by atoms with van der Waals surface area (Å²) >= 11 is 0. The van der Waals surface area contributed by atoms with Crippen LogP contribution in [0.15, 0.2) is 15.9 Å². The molecule has 0 N–H and O–H groups in total. The quantitative estimate of drug-likeness (QED) is 0.597. The van der Waals surface area contributed by atoms with Crippen LogP contribution in [0.3, 0.4) is 0 Å². The molecular formula is C9H10N4O4. The largest absolute Gasteiger partial charge is 0.366 e. The van der Waals surface area contributed by atoms with Crippen molar-refractivity contribution in [3.8, 4) is 0 Å². The Morgan fingerprint density at radius 1 is 1.35 bits per heavy atom. The van der Waals surface area contributed by atoms with E-state index in [0.717, 1.165) is 11.5 Å². The molecule has 0 radical (unpaired) electrons. The molecule has 2 heterocycles. The molecule has 8 nitrogen and oxygen atoms in total. The number of nitrogens with zero attached hydrogens (tertiary/aromatic N) is 4. The third-order valence-electron chi connectivity index (χ3n) is 2.30. The molecule has 0 saturated carbocycles. The van der Waals surface area contributed by atoms with E-state index in [1.807, 2.05) is 0 Å². The van der Waals surface area contributed by atoms with E-state index in [9.17, 15) is 14.4 Å². The molecule has 0 saturated heterocycles. The van der Waals surface area contributed by atoms with Gasteiger partial charge in [0.2, 0.25) is 0 Å². The molecule has 17 heavy (non-hydrogen) atoms. The van der Waals surface area contributed by atoms with E-state index in [-0.39, 0.29) is 11.2 Å². The molecule has 2 rings (SSSR count). The van der Waals surface area contributed by atoms with Crippen molar-refractivity contribution in [1.82, 2.24) is 18.8 Å². The highest BCUT2D eigenvalue weighted by Crippen LogP contribution is 2.02. The van der Waals surface area contributed by atoms with Gasteiger partial charge in [-0.15, -0.1) is 0 Å². The van der Waals surface area contributed by atoms with Gasteiger partial charge in [0.15, 0.2) is 11.2 Å². The van der Waals surface area contributed by atoms with Crippen LogP contribution in [0.5, 0.6) is 0 Å². The summed E-state index contributed by atoms with van der Waals surface area (Å²) in [5.74, 6) is -0.745. The zero-order chi connectivity index (χ0) is 12.7. The van der Waals surface area contributed by atoms with Crippen LogP contribution in [0.2, 0.25) is 0 Å². The number of aromatic nitrogens is 4. The summed E-state index contributed by atoms with van der Waals surface area (Å²) in [4.78, 5) is 43.0. The fraction of sp³-hybridized carbons (Fsp3) is 0.333. The summed E-state index contributed by atoms with van der Waals surface area (Å²) < 4.78 is 3.02. The fourth-order valence-electron chi connectivity index (χ4n) is 1.53. The van der Waals surface area contributed by atoms with Gasteiger partial charge in [-0.25, -0.2) is 14.6 Å². The van der Waals surface area contributed by atoms with Gasteiger partial charge >= 0.3 is 17.2 Å². The Morgan fingerprint density at radius 3 is 2.59 bits per heavy atom. The molecule has 2 aromatic rings. The highest BCUT2D eigenvalue weighted by Gasteiger charge is 2.16. The van der Waals surface area contributed by atoms with Gasteiger partial charge < -0.3 is 9.40 Å². The normalized spacial score (nSPS) is 10.8. The van der Waals surface area contributed by atoms with Crippen LogP contribution in [-0.4, -0.2) is 24.8 Å². The third-order valence-corrected chi connectivity index (χ3v) is 2.30. The number of rotatable bonds is 1. The highest BCUT2D eigenvalue weighted by atomic mass is 16.7. The number of carbonyl (C=O) groups excluding carboxylic acids is 1. The minimum Gasteiger partial charge on any atom is -0.329 e. The van der Waals surface area contributed by atoms with Gasteiger partial charge in [0.1, 0.15) is 0 Å². The monoisotopic (exact) mass is 238 g/mol. The van der Waals surface area contributed by atoms with Gasteiger partial charge in [-0.05, 0) is 0 Å². The molecule has 0 aliphatic rings. The lowest BCUT2D eigenvalue weighted by atomic mass is 10.5. The van der Waals surface area contributed by atoms with Crippen LogP contribution >= 0.6 is 0 Å². The SMILES string of the molecule is CC(=O)On1c(=O)c2c(ncn2C)n(C)c1=O. The minimum absolute atomic E-state index is 0.188. The molecule has 0 aliphatic carbocycles. The van der Waals surface area contributed by atoms with Crippen LogP contribution in [0, 0.1) is 0 Å². The number of fused-ring (bicyclic) bond motifs is 1. The number of imidazole rings is 1. The first kappa shape index (κ1) is 11.1. The molecule has 0 spiro atoms. The van der Waals surface area contributed by atoms with Crippen molar-refractivity contribution in [3.05, 3.63) is 27.2 Å². The molecule has 0 atom stereocenters. The second-order valence-electron chi connectivity index (χ2n) is 3.55. The zero-order valence-corrected chi connectivity index (χ0v) is 9.50. The maximum absolute atomic E-state index is 11.9. The summed E-state index contributed by atoms with van der Waals surface area (Å²) in [6.45, 7) is 1.11. The summed E-state index contributed by atoms with van der Waals surface area (Å²) in [6.07, 6.45) is 1.41. The average Bonchev–Trinajstić information content (AvgIpc) is 2.63. The highest BCUT2D eigenvalue weighted by molar-refractivity contribution is 5.70. The Kier molecular flexibility index (Phi) is 2.34. The first-order chi connectivity index (χ1) is 7.93. The van der Waals surface area contributed by atoms with Gasteiger partial charge in [-0.3, -0.25) is 9.36 Å². The molecule has 8 heteroatoms. The Morgan fingerprint density at radius 2 is 2.00 bits per heavy atom. The molecule has 0 aliphatic heterocycles. The van der Waals surface area contributed by atoms with E-state index in [2.05, 4.69) is 9.82 Å². The van der Waals surface area contributed by atoms with Crippen molar-refractivity contribution in [2.75, 3.05) is 0 Å². The van der Waals surface area contributed by atoms with Crippen LogP contribution in [0.4, 0.5) is 0 Å². The molecular weight excluding hydrogens is 228 g/mol. The Hall–Kier alpha value is -2.38. The van der Waals surface area contributed by atoms with Crippen LogP contribution in [0.25, 0.3) is 11.2 Å². The van der Waals surface area contributed by atoms with Crippen LogP contribution in [0.1, 0.15) is 6.92 Å². The average molecular weight is 238 g/mol. The van der Waals surface area contributed by atoms with E-state index in [1.54, 1.807) is 7.05 Å². The molecule has 90 valence electrons. The van der Waals surface area contributed by atoms with E-state index >= 15 is 0 Å². The van der Waals surface area contributed by atoms with Crippen molar-refractivity contribution in [2.24, 2.45) is 14.1 Å². The summed E-state index contributed by atoms with van der Waals surface area (Å²) in [7, 11) is 3.05. The van der Waals surface area contributed by atoms with Crippen molar-refractivity contribution < 1.29 is 9.63 Å². The smallest absolute Gasteiger partial charge is 0.329 e. The number of carbonyl (C=O) groups is 1. The van der Waals surface area contributed by atoms with Crippen LogP contribution in [-0.2, 0) is 18.9 Å². The van der Waals surface area contributed by atoms with Gasteiger partial charge in [0.25, 0.3) is 0 Å². The lowest BCUT2D eigenvalue weighted by molar-refractivity contribution is -0.142. The van der Waals surface area contributed by atoms with E-state index < -0.39 is 17.2 Å². The lowest BCUT2D eigenvalue weighted by Crippen LogP contribution is -2.44. The van der Waals surface area contributed by atoms with Crippen molar-refractivity contribution in [2.45, 2.75) is 6.92 Å². The molecule has 0 amide bonds. The Labute approximate surface area is 94.6 Å². The van der Waals surface area contributed by atoms with Crippen molar-refractivity contribution in [1.29, 1.82) is 0 Å². The first-order valence-corrected chi connectivity index (χ1v) is 4.75. The molecule has 0 bridgehead atoms. The van der Waals surface area contributed by atoms with E-state index in [4.69, 9.17) is 0 Å². The first-order valence-electron chi connectivity index (χ1n) is 4.75. The second-order valence-corrected chi connectivity index (χ2v) is 3.55. The van der Waals surface area contributed by atoms with E-state index in [0.29, 0.717) is 4.73 Å². The summed E-state index contributed by atoms with van der Waals surface area (Å²) in [5.41, 5.74) is -1.03. The van der Waals surface area contributed by atoms with Crippen molar-refractivity contribution >= 4 is 17.1 Å². The third kappa shape index (κ3) is 1.53. The van der Waals surface area contributed by atoms with E-state index in [1.165, 1.54) is 17.9 Å². The zero-order valence-electron chi connectivity index (χ0n) is 9.50. The number of aryl methyl sites for hydroxylation is 2. The predicted octanol–water partition coefficient (Wildman–Crippen LogP) is -1.59. The lowest BCUT2D eigenvalue weighted by Gasteiger charge is -2.06. The van der Waals surface area contributed by atoms with Crippen LogP contribution < -0.4 is 16.1 Å². The predicted molar refractivity (Wildman–Crippen MR) is 57.5 cm³/mol. The van der Waals surface area contributed by atoms with Crippen molar-refractivity contribution in [3.63, 3.8) is 0 Å². The summed E-state index contributed by atoms with van der Waals surface area (Å²) in [6, 6.07) is 0.